The first-order chi connectivity index (χ1) is 19.6. The van der Waals surface area contributed by atoms with Gasteiger partial charge in [-0.25, -0.2) is 14.4 Å². The lowest BCUT2D eigenvalue weighted by Crippen LogP contribution is -2.19. The van der Waals surface area contributed by atoms with Crippen molar-refractivity contribution in [1.82, 2.24) is 30.1 Å². The summed E-state index contributed by atoms with van der Waals surface area (Å²) in [6.45, 7) is 7.49. The minimum absolute atomic E-state index is 0.000790. The molecule has 3 N–H and O–H groups in total. The Bertz CT molecular complexity index is 1960. The second kappa shape index (κ2) is 10.0. The highest BCUT2D eigenvalue weighted by Gasteiger charge is 2.22. The maximum absolute atomic E-state index is 16.2. The Balaban J connectivity index is 1.39. The molecule has 0 atom stereocenters. The van der Waals surface area contributed by atoms with Crippen LogP contribution in [-0.4, -0.2) is 41.8 Å². The number of pyridine rings is 2. The van der Waals surface area contributed by atoms with Gasteiger partial charge in [-0.05, 0) is 48.7 Å². The van der Waals surface area contributed by atoms with Crippen molar-refractivity contribution >= 4 is 50.8 Å². The van der Waals surface area contributed by atoms with Crippen LogP contribution in [-0.2, 0) is 4.79 Å². The van der Waals surface area contributed by atoms with Gasteiger partial charge in [0.05, 0.1) is 33.2 Å². The third kappa shape index (κ3) is 5.11. The summed E-state index contributed by atoms with van der Waals surface area (Å²) in [5.41, 5.74) is 3.90. The predicted molar refractivity (Wildman–Crippen MR) is 158 cm³/mol. The van der Waals surface area contributed by atoms with E-state index in [0.29, 0.717) is 56.3 Å². The highest BCUT2D eigenvalue weighted by Crippen LogP contribution is 2.37. The lowest BCUT2D eigenvalue weighted by molar-refractivity contribution is -0.117. The number of carbonyl (C=O) groups excluding carboxylic acids is 2. The lowest BCUT2D eigenvalue weighted by Gasteiger charge is -2.17. The van der Waals surface area contributed by atoms with Crippen molar-refractivity contribution in [3.05, 3.63) is 65.7 Å². The number of amides is 1. The molecule has 9 nitrogen and oxygen atoms in total. The number of hydrogen-bond acceptors (Lipinski definition) is 7. The van der Waals surface area contributed by atoms with Gasteiger partial charge >= 0.3 is 0 Å². The highest BCUT2D eigenvalue weighted by atomic mass is 32.1. The van der Waals surface area contributed by atoms with E-state index in [1.54, 1.807) is 36.7 Å². The maximum Gasteiger partial charge on any atom is 0.224 e. The molecule has 11 heteroatoms. The Morgan fingerprint density at radius 3 is 2.66 bits per heavy atom. The van der Waals surface area contributed by atoms with E-state index < -0.39 is 5.82 Å². The van der Waals surface area contributed by atoms with Gasteiger partial charge in [-0.3, -0.25) is 19.7 Å². The molecule has 0 unspecified atom stereocenters. The fourth-order valence-corrected chi connectivity index (χ4v) is 5.64. The topological polar surface area (TPSA) is 129 Å². The van der Waals surface area contributed by atoms with Crippen molar-refractivity contribution in [3.8, 4) is 33.1 Å². The van der Waals surface area contributed by atoms with Crippen LogP contribution in [0.15, 0.2) is 55.0 Å². The largest absolute Gasteiger partial charge is 0.335 e. The molecular formula is C30H26FN7O2S. The zero-order valence-electron chi connectivity index (χ0n) is 22.8. The second-order valence-corrected chi connectivity index (χ2v) is 12.1. The normalized spacial score (nSPS) is 11.8. The Labute approximate surface area is 238 Å². The number of imidazole rings is 1. The van der Waals surface area contributed by atoms with Crippen molar-refractivity contribution in [1.29, 1.82) is 0 Å². The van der Waals surface area contributed by atoms with E-state index in [1.807, 2.05) is 32.9 Å². The van der Waals surface area contributed by atoms with Gasteiger partial charge in [0.25, 0.3) is 0 Å². The van der Waals surface area contributed by atoms with E-state index >= 15 is 4.39 Å². The number of thiophene rings is 1. The molecule has 206 valence electrons. The van der Waals surface area contributed by atoms with Gasteiger partial charge in [-0.15, -0.1) is 11.3 Å². The molecule has 0 fully saturated rings. The molecule has 6 aromatic rings. The van der Waals surface area contributed by atoms with Crippen molar-refractivity contribution in [2.45, 2.75) is 34.1 Å². The van der Waals surface area contributed by atoms with Crippen LogP contribution in [0.1, 0.15) is 43.8 Å². The van der Waals surface area contributed by atoms with Crippen molar-refractivity contribution in [2.24, 2.45) is 5.41 Å². The molecule has 0 bridgehead atoms. The summed E-state index contributed by atoms with van der Waals surface area (Å²) in [6.07, 6.45) is 5.08. The molecule has 0 radical (unpaired) electrons. The number of nitrogens with one attached hydrogen (secondary N) is 3. The van der Waals surface area contributed by atoms with Gasteiger partial charge in [-0.1, -0.05) is 20.8 Å². The Kier molecular flexibility index (Phi) is 6.46. The van der Waals surface area contributed by atoms with Crippen molar-refractivity contribution in [2.75, 3.05) is 5.32 Å². The average molecular weight is 568 g/mol. The summed E-state index contributed by atoms with van der Waals surface area (Å²) in [6, 6.07) is 10.6. The van der Waals surface area contributed by atoms with Gasteiger partial charge in [-0.2, -0.15) is 5.10 Å². The van der Waals surface area contributed by atoms with Gasteiger partial charge < -0.3 is 10.3 Å². The number of fused-ring (bicyclic) bond motifs is 2. The molecular weight excluding hydrogens is 541 g/mol. The van der Waals surface area contributed by atoms with Crippen molar-refractivity contribution < 1.29 is 14.0 Å². The smallest absolute Gasteiger partial charge is 0.224 e. The summed E-state index contributed by atoms with van der Waals surface area (Å²) in [7, 11) is 0. The average Bonchev–Trinajstić information content (AvgIpc) is 3.65. The molecule has 0 aliphatic carbocycles. The number of halogens is 1. The monoisotopic (exact) mass is 567 g/mol. The Hall–Kier alpha value is -4.77. The Morgan fingerprint density at radius 2 is 1.90 bits per heavy atom. The van der Waals surface area contributed by atoms with Crippen molar-refractivity contribution in [3.63, 3.8) is 0 Å². The van der Waals surface area contributed by atoms with Crippen LogP contribution in [0.2, 0.25) is 0 Å². The van der Waals surface area contributed by atoms with Crippen LogP contribution in [0.3, 0.4) is 0 Å². The van der Waals surface area contributed by atoms with Crippen LogP contribution >= 0.6 is 11.3 Å². The standard InChI is InChI=1S/C30H26FN7O2S/c1-15(39)21-7-8-22(41-21)19-9-10-33-28-26(19)35-29(36-28)27-24-20(37-38-27)6-5-18(25(24)31)16-11-17(14-32-13-16)34-23(40)12-30(2,3)4/h5-11,13-14H,12H2,1-4H3,(H,34,40)(H,37,38)(H,33,35,36). The number of aromatic amines is 2. The number of aromatic nitrogens is 6. The van der Waals surface area contributed by atoms with Gasteiger partial charge in [0, 0.05) is 40.4 Å². The number of nitrogens with zero attached hydrogens (tertiary/aromatic N) is 4. The molecule has 5 aromatic heterocycles. The van der Waals surface area contributed by atoms with E-state index in [9.17, 15) is 9.59 Å². The Morgan fingerprint density at radius 1 is 1.07 bits per heavy atom. The second-order valence-electron chi connectivity index (χ2n) is 11.0. The zero-order valence-corrected chi connectivity index (χ0v) is 23.6. The van der Waals surface area contributed by atoms with E-state index in [4.69, 9.17) is 0 Å². The van der Waals surface area contributed by atoms with Crippen LogP contribution in [0, 0.1) is 11.2 Å². The first kappa shape index (κ1) is 26.5. The molecule has 0 aliphatic heterocycles. The molecule has 5 heterocycles. The summed E-state index contributed by atoms with van der Waals surface area (Å²) >= 11 is 1.39. The third-order valence-corrected chi connectivity index (χ3v) is 7.75. The number of anilines is 1. The van der Waals surface area contributed by atoms with Gasteiger partial charge in [0.2, 0.25) is 5.91 Å². The van der Waals surface area contributed by atoms with E-state index in [2.05, 4.69) is 35.5 Å². The number of benzene rings is 1. The molecule has 0 aliphatic rings. The molecule has 0 saturated heterocycles. The van der Waals surface area contributed by atoms with Crippen LogP contribution in [0.4, 0.5) is 10.1 Å². The number of H-pyrrole nitrogens is 2. The van der Waals surface area contributed by atoms with Crippen LogP contribution in [0.25, 0.3) is 55.2 Å². The van der Waals surface area contributed by atoms with E-state index in [1.165, 1.54) is 24.5 Å². The molecule has 0 spiro atoms. The molecule has 6 rings (SSSR count). The molecule has 1 amide bonds. The molecule has 1 aromatic carbocycles. The number of Topliss-reactive ketones (excluding diaryl/α,β-unsaturated/α-hetero) is 1. The SMILES string of the molecule is CC(=O)c1ccc(-c2ccnc3nc(-c4n[nH]c5ccc(-c6cncc(NC(=O)CC(C)(C)C)c6)c(F)c45)[nH]c23)s1. The number of carbonyl (C=O) groups is 2. The van der Waals surface area contributed by atoms with E-state index in [-0.39, 0.29) is 22.5 Å². The molecule has 41 heavy (non-hydrogen) atoms. The van der Waals surface area contributed by atoms with Gasteiger partial charge in [0.1, 0.15) is 11.5 Å². The van der Waals surface area contributed by atoms with Crippen LogP contribution < -0.4 is 5.32 Å². The summed E-state index contributed by atoms with van der Waals surface area (Å²) in [4.78, 5) is 42.3. The summed E-state index contributed by atoms with van der Waals surface area (Å²) in [5.74, 6) is -0.280. The summed E-state index contributed by atoms with van der Waals surface area (Å²) in [5, 5.41) is 10.4. The fraction of sp³-hybridized carbons (Fsp3) is 0.200. The zero-order chi connectivity index (χ0) is 28.9. The number of ketones is 1. The maximum atomic E-state index is 16.2. The summed E-state index contributed by atoms with van der Waals surface area (Å²) < 4.78 is 16.2. The fourth-order valence-electron chi connectivity index (χ4n) is 4.71. The first-order valence-electron chi connectivity index (χ1n) is 13.0. The first-order valence-corrected chi connectivity index (χ1v) is 13.8. The van der Waals surface area contributed by atoms with E-state index in [0.717, 1.165) is 10.4 Å². The van der Waals surface area contributed by atoms with Crippen LogP contribution in [0.5, 0.6) is 0 Å². The predicted octanol–water partition coefficient (Wildman–Crippen LogP) is 7.01. The molecule has 0 saturated carbocycles. The minimum Gasteiger partial charge on any atom is -0.335 e. The quantitative estimate of drug-likeness (QED) is 0.186. The third-order valence-electron chi connectivity index (χ3n) is 6.53. The van der Waals surface area contributed by atoms with Gasteiger partial charge in [0.15, 0.2) is 17.3 Å². The minimum atomic E-state index is -0.496. The number of hydrogen-bond donors (Lipinski definition) is 3. The number of rotatable bonds is 6. The highest BCUT2D eigenvalue weighted by molar-refractivity contribution is 7.17. The lowest BCUT2D eigenvalue weighted by atomic mass is 9.92.